The maximum Gasteiger partial charge on any atom is 0.196 e. The second-order valence-corrected chi connectivity index (χ2v) is 3.24. The van der Waals surface area contributed by atoms with Gasteiger partial charge in [0.2, 0.25) is 0 Å². The van der Waals surface area contributed by atoms with Gasteiger partial charge in [0.15, 0.2) is 5.78 Å². The molecule has 0 radical (unpaired) electrons. The first-order valence-corrected chi connectivity index (χ1v) is 4.77. The molecule has 0 saturated heterocycles. The van der Waals surface area contributed by atoms with E-state index in [1.165, 1.54) is 12.2 Å². The van der Waals surface area contributed by atoms with E-state index in [1.807, 2.05) is 36.4 Å². The van der Waals surface area contributed by atoms with E-state index in [2.05, 4.69) is 4.99 Å². The quantitative estimate of drug-likeness (QED) is 0.665. The Labute approximate surface area is 93.1 Å². The lowest BCUT2D eigenvalue weighted by Gasteiger charge is -2.01. The largest absolute Gasteiger partial charge is 0.288 e. The monoisotopic (exact) mass is 208 g/mol. The minimum absolute atomic E-state index is 0.122. The van der Waals surface area contributed by atoms with Crippen molar-refractivity contribution in [3.63, 3.8) is 0 Å². The molecule has 1 aromatic rings. The molecule has 0 fully saturated rings. The molecule has 1 aromatic carbocycles. The topological polar surface area (TPSA) is 53.2 Å². The summed E-state index contributed by atoms with van der Waals surface area (Å²) in [6.45, 7) is 0. The number of allylic oxidation sites excluding steroid dienone is 4. The van der Waals surface area contributed by atoms with Gasteiger partial charge in [-0.1, -0.05) is 18.2 Å². The smallest absolute Gasteiger partial charge is 0.196 e. The molecule has 0 amide bonds. The van der Waals surface area contributed by atoms with Crippen LogP contribution in [-0.2, 0) is 4.79 Å². The molecule has 1 aliphatic carbocycles. The van der Waals surface area contributed by atoms with Gasteiger partial charge in [-0.05, 0) is 30.4 Å². The SMILES string of the molecule is N#CC1=CC(=Nc2ccccc2)C=CC1=O. The van der Waals surface area contributed by atoms with Crippen LogP contribution in [0, 0.1) is 11.3 Å². The van der Waals surface area contributed by atoms with Crippen molar-refractivity contribution in [2.45, 2.75) is 0 Å². The summed E-state index contributed by atoms with van der Waals surface area (Å²) in [5, 5.41) is 8.72. The summed E-state index contributed by atoms with van der Waals surface area (Å²) >= 11 is 0. The number of rotatable bonds is 1. The van der Waals surface area contributed by atoms with Gasteiger partial charge in [-0.2, -0.15) is 5.26 Å². The molecule has 0 N–H and O–H groups in total. The van der Waals surface area contributed by atoms with Gasteiger partial charge in [-0.25, -0.2) is 4.99 Å². The van der Waals surface area contributed by atoms with Gasteiger partial charge < -0.3 is 0 Å². The van der Waals surface area contributed by atoms with Crippen molar-refractivity contribution in [1.29, 1.82) is 5.26 Å². The van der Waals surface area contributed by atoms with Crippen molar-refractivity contribution in [2.24, 2.45) is 4.99 Å². The number of benzene rings is 1. The molecule has 0 spiro atoms. The Morgan fingerprint density at radius 1 is 1.12 bits per heavy atom. The maximum atomic E-state index is 11.2. The van der Waals surface area contributed by atoms with E-state index in [1.54, 1.807) is 6.08 Å². The van der Waals surface area contributed by atoms with Gasteiger partial charge >= 0.3 is 0 Å². The predicted octanol–water partition coefficient (Wildman–Crippen LogP) is 2.35. The Kier molecular flexibility index (Phi) is 2.75. The lowest BCUT2D eigenvalue weighted by atomic mass is 10.0. The van der Waals surface area contributed by atoms with Crippen LogP contribution < -0.4 is 0 Å². The molecule has 0 saturated carbocycles. The van der Waals surface area contributed by atoms with Gasteiger partial charge in [-0.3, -0.25) is 4.79 Å². The third-order valence-electron chi connectivity index (χ3n) is 2.10. The van der Waals surface area contributed by atoms with Crippen LogP contribution in [-0.4, -0.2) is 11.5 Å². The summed E-state index contributed by atoms with van der Waals surface area (Å²) in [7, 11) is 0. The Balaban J connectivity index is 2.34. The Morgan fingerprint density at radius 3 is 2.56 bits per heavy atom. The highest BCUT2D eigenvalue weighted by Gasteiger charge is 2.10. The van der Waals surface area contributed by atoms with Crippen molar-refractivity contribution in [1.82, 2.24) is 0 Å². The fourth-order valence-electron chi connectivity index (χ4n) is 1.33. The first kappa shape index (κ1) is 10.1. The van der Waals surface area contributed by atoms with Crippen molar-refractivity contribution in [3.8, 4) is 6.07 Å². The van der Waals surface area contributed by atoms with Gasteiger partial charge in [-0.15, -0.1) is 0 Å². The van der Waals surface area contributed by atoms with Crippen LogP contribution in [0.1, 0.15) is 0 Å². The Hall–Kier alpha value is -2.47. The molecule has 0 atom stereocenters. The van der Waals surface area contributed by atoms with Crippen LogP contribution in [0.25, 0.3) is 0 Å². The van der Waals surface area contributed by atoms with Crippen LogP contribution >= 0.6 is 0 Å². The normalized spacial score (nSPS) is 17.1. The van der Waals surface area contributed by atoms with Gasteiger partial charge in [0.25, 0.3) is 0 Å². The molecule has 2 rings (SSSR count). The average molecular weight is 208 g/mol. The van der Waals surface area contributed by atoms with Gasteiger partial charge in [0.1, 0.15) is 11.6 Å². The number of nitrogens with zero attached hydrogens (tertiary/aromatic N) is 2. The number of aliphatic imine (C=N–C) groups is 1. The van der Waals surface area contributed by atoms with Crippen LogP contribution in [0.4, 0.5) is 5.69 Å². The molecule has 3 heteroatoms. The first-order chi connectivity index (χ1) is 7.79. The maximum absolute atomic E-state index is 11.2. The molecular weight excluding hydrogens is 200 g/mol. The molecule has 0 unspecified atom stereocenters. The number of hydrogen-bond acceptors (Lipinski definition) is 3. The highest BCUT2D eigenvalue weighted by molar-refractivity contribution is 6.21. The predicted molar refractivity (Wildman–Crippen MR) is 61.4 cm³/mol. The summed E-state index contributed by atoms with van der Waals surface area (Å²) in [6, 6.07) is 11.2. The highest BCUT2D eigenvalue weighted by Crippen LogP contribution is 2.13. The van der Waals surface area contributed by atoms with Crippen LogP contribution in [0.5, 0.6) is 0 Å². The third kappa shape index (κ3) is 2.12. The van der Waals surface area contributed by atoms with Crippen molar-refractivity contribution in [2.75, 3.05) is 0 Å². The number of ketones is 1. The fraction of sp³-hybridized carbons (Fsp3) is 0. The van der Waals surface area contributed by atoms with E-state index in [9.17, 15) is 4.79 Å². The van der Waals surface area contributed by atoms with Crippen molar-refractivity contribution < 1.29 is 4.79 Å². The highest BCUT2D eigenvalue weighted by atomic mass is 16.1. The number of nitriles is 1. The molecular formula is C13H8N2O. The lowest BCUT2D eigenvalue weighted by molar-refractivity contribution is -0.111. The number of carbonyl (C=O) groups is 1. The number of carbonyl (C=O) groups excluding carboxylic acids is 1. The zero-order chi connectivity index (χ0) is 11.4. The number of hydrogen-bond donors (Lipinski definition) is 0. The van der Waals surface area contributed by atoms with E-state index in [-0.39, 0.29) is 11.4 Å². The minimum Gasteiger partial charge on any atom is -0.288 e. The minimum atomic E-state index is -0.269. The summed E-state index contributed by atoms with van der Waals surface area (Å²) in [6.07, 6.45) is 4.46. The second-order valence-electron chi connectivity index (χ2n) is 3.24. The van der Waals surface area contributed by atoms with E-state index >= 15 is 0 Å². The summed E-state index contributed by atoms with van der Waals surface area (Å²) in [4.78, 5) is 15.5. The van der Waals surface area contributed by atoms with Crippen LogP contribution in [0.15, 0.2) is 59.1 Å². The van der Waals surface area contributed by atoms with E-state index in [4.69, 9.17) is 5.26 Å². The average Bonchev–Trinajstić information content (AvgIpc) is 2.33. The van der Waals surface area contributed by atoms with Crippen LogP contribution in [0.2, 0.25) is 0 Å². The first-order valence-electron chi connectivity index (χ1n) is 4.77. The van der Waals surface area contributed by atoms with Crippen molar-refractivity contribution in [3.05, 3.63) is 54.1 Å². The zero-order valence-electron chi connectivity index (χ0n) is 8.42. The molecule has 0 bridgehead atoms. The molecule has 0 aliphatic heterocycles. The second kappa shape index (κ2) is 4.37. The van der Waals surface area contributed by atoms with Crippen molar-refractivity contribution >= 4 is 17.2 Å². The van der Waals surface area contributed by atoms with Crippen LogP contribution in [0.3, 0.4) is 0 Å². The van der Waals surface area contributed by atoms with E-state index in [0.717, 1.165) is 5.69 Å². The van der Waals surface area contributed by atoms with E-state index in [0.29, 0.717) is 5.71 Å². The fourth-order valence-corrected chi connectivity index (χ4v) is 1.33. The Bertz CT molecular complexity index is 545. The summed E-state index contributed by atoms with van der Waals surface area (Å²) in [5.41, 5.74) is 1.53. The summed E-state index contributed by atoms with van der Waals surface area (Å²) in [5.74, 6) is -0.269. The molecule has 76 valence electrons. The molecule has 0 aromatic heterocycles. The lowest BCUT2D eigenvalue weighted by Crippen LogP contribution is -2.05. The molecule has 16 heavy (non-hydrogen) atoms. The third-order valence-corrected chi connectivity index (χ3v) is 2.10. The standard InChI is InChI=1S/C13H8N2O/c14-9-10-8-12(6-7-13(10)16)15-11-4-2-1-3-5-11/h1-8H. The zero-order valence-corrected chi connectivity index (χ0v) is 8.42. The van der Waals surface area contributed by atoms with Gasteiger partial charge in [0, 0.05) is 0 Å². The molecule has 3 nitrogen and oxygen atoms in total. The van der Waals surface area contributed by atoms with Gasteiger partial charge in [0.05, 0.1) is 11.4 Å². The number of para-hydroxylation sites is 1. The van der Waals surface area contributed by atoms with E-state index < -0.39 is 0 Å². The Morgan fingerprint density at radius 2 is 1.88 bits per heavy atom. The summed E-state index contributed by atoms with van der Waals surface area (Å²) < 4.78 is 0. The molecule has 1 aliphatic rings. The molecule has 0 heterocycles.